The lowest BCUT2D eigenvalue weighted by molar-refractivity contribution is 0.0599. The number of carbonyl (C=O) groups is 1. The first-order chi connectivity index (χ1) is 12.7. The van der Waals surface area contributed by atoms with E-state index in [2.05, 4.69) is 40.2 Å². The van der Waals surface area contributed by atoms with Crippen LogP contribution in [0, 0.1) is 0 Å². The summed E-state index contributed by atoms with van der Waals surface area (Å²) in [7, 11) is 1.43. The van der Waals surface area contributed by atoms with Crippen molar-refractivity contribution in [2.75, 3.05) is 38.3 Å². The van der Waals surface area contributed by atoms with Gasteiger partial charge in [-0.05, 0) is 53.3 Å². The fourth-order valence-corrected chi connectivity index (χ4v) is 3.47. The normalized spacial score (nSPS) is 14.6. The van der Waals surface area contributed by atoms with Crippen molar-refractivity contribution in [3.8, 4) is 0 Å². The summed E-state index contributed by atoms with van der Waals surface area (Å²) in [5.41, 5.74) is 4.93. The van der Waals surface area contributed by atoms with Gasteiger partial charge in [0, 0.05) is 30.5 Å². The number of carbonyl (C=O) groups excluding carboxylic acids is 1. The molecule has 2 heterocycles. The molecule has 0 saturated carbocycles. The van der Waals surface area contributed by atoms with Crippen molar-refractivity contribution in [3.63, 3.8) is 0 Å². The minimum absolute atomic E-state index is 0.294. The monoisotopic (exact) mass is 350 g/mol. The molecule has 1 aliphatic heterocycles. The van der Waals surface area contributed by atoms with Crippen LogP contribution in [0.15, 0.2) is 48.7 Å². The fraction of sp³-hybridized carbons (Fsp3) is 0.286. The number of rotatable bonds is 4. The Bertz CT molecular complexity index is 926. The molecule has 1 aliphatic rings. The maximum atomic E-state index is 12.4. The molecular formula is C21H22N2O3. The summed E-state index contributed by atoms with van der Waals surface area (Å²) in [6, 6.07) is 14.5. The third-order valence-corrected chi connectivity index (χ3v) is 4.89. The van der Waals surface area contributed by atoms with E-state index < -0.39 is 0 Å². The second-order valence-corrected chi connectivity index (χ2v) is 6.51. The first kappa shape index (κ1) is 16.7. The van der Waals surface area contributed by atoms with E-state index in [1.165, 1.54) is 18.1 Å². The van der Waals surface area contributed by atoms with Crippen molar-refractivity contribution in [1.82, 2.24) is 4.98 Å². The average Bonchev–Trinajstić information content (AvgIpc) is 3.16. The Morgan fingerprint density at radius 1 is 1.15 bits per heavy atom. The number of benzene rings is 2. The number of H-pyrrole nitrogens is 1. The molecule has 2 aromatic carbocycles. The molecule has 0 aliphatic carbocycles. The number of fused-ring (bicyclic) bond motifs is 1. The van der Waals surface area contributed by atoms with Gasteiger partial charge >= 0.3 is 5.97 Å². The van der Waals surface area contributed by atoms with Gasteiger partial charge < -0.3 is 19.4 Å². The van der Waals surface area contributed by atoms with Crippen molar-refractivity contribution < 1.29 is 14.3 Å². The zero-order chi connectivity index (χ0) is 17.9. The number of ether oxygens (including phenoxy) is 2. The Kier molecular flexibility index (Phi) is 4.63. The molecule has 1 fully saturated rings. The van der Waals surface area contributed by atoms with Crippen LogP contribution in [0.2, 0.25) is 0 Å². The highest BCUT2D eigenvalue weighted by atomic mass is 16.5. The largest absolute Gasteiger partial charge is 0.465 e. The second kappa shape index (κ2) is 7.22. The Morgan fingerprint density at radius 2 is 2.00 bits per heavy atom. The molecule has 26 heavy (non-hydrogen) atoms. The van der Waals surface area contributed by atoms with Crippen molar-refractivity contribution in [3.05, 3.63) is 65.4 Å². The minimum atomic E-state index is -0.294. The summed E-state index contributed by atoms with van der Waals surface area (Å²) >= 11 is 0. The van der Waals surface area contributed by atoms with Crippen LogP contribution in [0.1, 0.15) is 21.5 Å². The van der Waals surface area contributed by atoms with Gasteiger partial charge in [0.15, 0.2) is 0 Å². The van der Waals surface area contributed by atoms with Gasteiger partial charge in [0.2, 0.25) is 0 Å². The first-order valence-corrected chi connectivity index (χ1v) is 8.84. The third-order valence-electron chi connectivity index (χ3n) is 4.89. The van der Waals surface area contributed by atoms with Gasteiger partial charge in [0.25, 0.3) is 0 Å². The highest BCUT2D eigenvalue weighted by molar-refractivity contribution is 5.92. The molecule has 1 N–H and O–H groups in total. The van der Waals surface area contributed by atoms with Gasteiger partial charge in [-0.3, -0.25) is 0 Å². The quantitative estimate of drug-likeness (QED) is 0.733. The maximum absolute atomic E-state index is 12.4. The molecule has 134 valence electrons. The van der Waals surface area contributed by atoms with Crippen molar-refractivity contribution in [2.24, 2.45) is 0 Å². The summed E-state index contributed by atoms with van der Waals surface area (Å²) in [4.78, 5) is 17.8. The van der Waals surface area contributed by atoms with Gasteiger partial charge in [0.05, 0.1) is 25.9 Å². The molecule has 0 amide bonds. The van der Waals surface area contributed by atoms with Crippen LogP contribution in [-0.4, -0.2) is 44.4 Å². The summed E-state index contributed by atoms with van der Waals surface area (Å²) in [6.45, 7) is 3.10. The lowest BCUT2D eigenvalue weighted by atomic mass is 9.98. The Labute approximate surface area is 152 Å². The maximum Gasteiger partial charge on any atom is 0.338 e. The molecule has 5 heteroatoms. The first-order valence-electron chi connectivity index (χ1n) is 8.84. The molecule has 0 bridgehead atoms. The SMILES string of the molecule is COC(=O)c1cc(N2CCOCC2)ccc1Cc1ccc2[nH]ccc2c1. The fourth-order valence-electron chi connectivity index (χ4n) is 3.47. The predicted molar refractivity (Wildman–Crippen MR) is 102 cm³/mol. The van der Waals surface area contributed by atoms with E-state index in [1.54, 1.807) is 0 Å². The molecule has 0 unspecified atom stereocenters. The molecule has 5 nitrogen and oxygen atoms in total. The van der Waals surface area contributed by atoms with Crippen LogP contribution >= 0.6 is 0 Å². The molecule has 0 spiro atoms. The van der Waals surface area contributed by atoms with E-state index in [4.69, 9.17) is 9.47 Å². The van der Waals surface area contributed by atoms with Gasteiger partial charge in [0.1, 0.15) is 0 Å². The van der Waals surface area contributed by atoms with Crippen LogP contribution in [0.3, 0.4) is 0 Å². The number of esters is 1. The van der Waals surface area contributed by atoms with Crippen LogP contribution in [-0.2, 0) is 15.9 Å². The minimum Gasteiger partial charge on any atom is -0.465 e. The third kappa shape index (κ3) is 3.30. The van der Waals surface area contributed by atoms with Crippen molar-refractivity contribution in [1.29, 1.82) is 0 Å². The number of methoxy groups -OCH3 is 1. The second-order valence-electron chi connectivity index (χ2n) is 6.51. The lowest BCUT2D eigenvalue weighted by Gasteiger charge is -2.29. The number of morpholine rings is 1. The van der Waals surface area contributed by atoms with Gasteiger partial charge in [-0.1, -0.05) is 12.1 Å². The molecule has 1 aromatic heterocycles. The van der Waals surface area contributed by atoms with E-state index in [9.17, 15) is 4.79 Å². The van der Waals surface area contributed by atoms with Crippen LogP contribution in [0.25, 0.3) is 10.9 Å². The summed E-state index contributed by atoms with van der Waals surface area (Å²) in [6.07, 6.45) is 2.63. The summed E-state index contributed by atoms with van der Waals surface area (Å²) in [5.74, 6) is -0.294. The van der Waals surface area contributed by atoms with Crippen molar-refractivity contribution in [2.45, 2.75) is 6.42 Å². The van der Waals surface area contributed by atoms with Gasteiger partial charge in [-0.25, -0.2) is 4.79 Å². The van der Waals surface area contributed by atoms with Crippen molar-refractivity contribution >= 4 is 22.6 Å². The van der Waals surface area contributed by atoms with E-state index >= 15 is 0 Å². The van der Waals surface area contributed by atoms with Crippen LogP contribution in [0.4, 0.5) is 5.69 Å². The summed E-state index contributed by atoms with van der Waals surface area (Å²) in [5, 5.41) is 1.17. The number of hydrogen-bond donors (Lipinski definition) is 1. The molecular weight excluding hydrogens is 328 g/mol. The summed E-state index contributed by atoms with van der Waals surface area (Å²) < 4.78 is 10.4. The van der Waals surface area contributed by atoms with E-state index in [0.29, 0.717) is 25.2 Å². The smallest absolute Gasteiger partial charge is 0.338 e. The zero-order valence-electron chi connectivity index (χ0n) is 14.8. The van der Waals surface area contributed by atoms with E-state index in [-0.39, 0.29) is 5.97 Å². The Hall–Kier alpha value is -2.79. The molecule has 0 atom stereocenters. The highest BCUT2D eigenvalue weighted by Gasteiger charge is 2.17. The lowest BCUT2D eigenvalue weighted by Crippen LogP contribution is -2.36. The number of nitrogens with one attached hydrogen (secondary N) is 1. The molecule has 4 rings (SSSR count). The van der Waals surface area contributed by atoms with Crippen LogP contribution < -0.4 is 4.90 Å². The van der Waals surface area contributed by atoms with Crippen LogP contribution in [0.5, 0.6) is 0 Å². The molecule has 1 saturated heterocycles. The van der Waals surface area contributed by atoms with Gasteiger partial charge in [-0.15, -0.1) is 0 Å². The van der Waals surface area contributed by atoms with Gasteiger partial charge in [-0.2, -0.15) is 0 Å². The zero-order valence-corrected chi connectivity index (χ0v) is 14.8. The molecule has 0 radical (unpaired) electrons. The number of hydrogen-bond acceptors (Lipinski definition) is 4. The number of nitrogens with zero attached hydrogens (tertiary/aromatic N) is 1. The van der Waals surface area contributed by atoms with E-state index in [1.807, 2.05) is 18.3 Å². The Balaban J connectivity index is 1.66. The highest BCUT2D eigenvalue weighted by Crippen LogP contribution is 2.25. The van der Waals surface area contributed by atoms with E-state index in [0.717, 1.165) is 29.9 Å². The topological polar surface area (TPSA) is 54.6 Å². The predicted octanol–water partition coefficient (Wildman–Crippen LogP) is 3.38. The number of anilines is 1. The Morgan fingerprint density at radius 3 is 2.81 bits per heavy atom. The average molecular weight is 350 g/mol. The standard InChI is InChI=1S/C21H22N2O3/c1-25-21(24)19-14-18(23-8-10-26-11-9-23)4-3-16(19)12-15-2-5-20-17(13-15)6-7-22-20/h2-7,13-14,22H,8-12H2,1H3. The number of aromatic amines is 1. The molecule has 3 aromatic rings. The number of aromatic nitrogens is 1.